The lowest BCUT2D eigenvalue weighted by atomic mass is 10.1. The summed E-state index contributed by atoms with van der Waals surface area (Å²) in [7, 11) is 0. The SMILES string of the molecule is CCc1ccc(NC(=S)NCCN(CCNC(C)=S)CCNC(=S)Nc2ccc(CC)cc2)cc1. The van der Waals surface area contributed by atoms with Crippen molar-refractivity contribution in [2.45, 2.75) is 33.6 Å². The molecule has 5 N–H and O–H groups in total. The number of hydrogen-bond donors (Lipinski definition) is 5. The summed E-state index contributed by atoms with van der Waals surface area (Å²) in [5.41, 5.74) is 4.60. The van der Waals surface area contributed by atoms with Crippen LogP contribution in [-0.2, 0) is 12.8 Å². The van der Waals surface area contributed by atoms with Crippen LogP contribution in [0.3, 0.4) is 0 Å². The number of thiocarbonyl (C=S) groups is 3. The molecule has 190 valence electrons. The number of hydrogen-bond acceptors (Lipinski definition) is 4. The average molecular weight is 531 g/mol. The smallest absolute Gasteiger partial charge is 0.170 e. The van der Waals surface area contributed by atoms with E-state index in [0.29, 0.717) is 10.2 Å². The summed E-state index contributed by atoms with van der Waals surface area (Å²) in [6.45, 7) is 11.0. The number of benzene rings is 2. The van der Waals surface area contributed by atoms with Gasteiger partial charge in [0.2, 0.25) is 0 Å². The fourth-order valence-corrected chi connectivity index (χ4v) is 3.92. The predicted octanol–water partition coefficient (Wildman–Crippen LogP) is 4.32. The molecule has 0 atom stereocenters. The molecule has 9 heteroatoms. The average Bonchev–Trinajstić information content (AvgIpc) is 2.84. The first-order chi connectivity index (χ1) is 16.9. The van der Waals surface area contributed by atoms with Crippen LogP contribution in [0.1, 0.15) is 31.9 Å². The summed E-state index contributed by atoms with van der Waals surface area (Å²) in [6.07, 6.45) is 2.05. The van der Waals surface area contributed by atoms with Crippen molar-refractivity contribution in [2.75, 3.05) is 49.9 Å². The van der Waals surface area contributed by atoms with Crippen LogP contribution in [0.5, 0.6) is 0 Å². The molecule has 0 fully saturated rings. The van der Waals surface area contributed by atoms with Gasteiger partial charge in [-0.2, -0.15) is 0 Å². The highest BCUT2D eigenvalue weighted by atomic mass is 32.1. The van der Waals surface area contributed by atoms with Gasteiger partial charge in [0.1, 0.15) is 0 Å². The highest BCUT2D eigenvalue weighted by Gasteiger charge is 2.07. The van der Waals surface area contributed by atoms with E-state index in [9.17, 15) is 0 Å². The van der Waals surface area contributed by atoms with Crippen LogP contribution in [0.4, 0.5) is 11.4 Å². The molecule has 0 aliphatic carbocycles. The summed E-state index contributed by atoms with van der Waals surface area (Å²) in [4.78, 5) is 3.16. The maximum Gasteiger partial charge on any atom is 0.170 e. The Kier molecular flexibility index (Phi) is 13.5. The van der Waals surface area contributed by atoms with E-state index in [4.69, 9.17) is 36.7 Å². The lowest BCUT2D eigenvalue weighted by Crippen LogP contribution is -2.43. The van der Waals surface area contributed by atoms with Gasteiger partial charge in [-0.05, 0) is 79.6 Å². The highest BCUT2D eigenvalue weighted by molar-refractivity contribution is 7.80. The quantitative estimate of drug-likeness (QED) is 0.244. The zero-order chi connectivity index (χ0) is 25.5. The van der Waals surface area contributed by atoms with Crippen molar-refractivity contribution in [1.29, 1.82) is 0 Å². The standard InChI is InChI=1S/C26H38N6S3/c1-4-21-6-10-23(11-7-21)30-25(34)28-15-18-32(17-14-27-20(3)33)19-16-29-26(35)31-24-12-8-22(5-2)9-13-24/h6-13H,4-5,14-19H2,1-3H3,(H,27,33)(H2,28,30,34)(H2,29,31,35). The van der Waals surface area contributed by atoms with E-state index in [1.54, 1.807) is 0 Å². The van der Waals surface area contributed by atoms with Crippen LogP contribution >= 0.6 is 36.7 Å². The monoisotopic (exact) mass is 530 g/mol. The van der Waals surface area contributed by atoms with Crippen LogP contribution in [0, 0.1) is 0 Å². The number of nitrogens with one attached hydrogen (secondary N) is 5. The molecule has 0 heterocycles. The Bertz CT molecular complexity index is 864. The second-order valence-corrected chi connectivity index (χ2v) is 9.62. The molecule has 2 aromatic carbocycles. The van der Waals surface area contributed by atoms with Gasteiger partial charge < -0.3 is 26.6 Å². The van der Waals surface area contributed by atoms with Crippen LogP contribution in [-0.4, -0.2) is 59.4 Å². The summed E-state index contributed by atoms with van der Waals surface area (Å²) in [5, 5.41) is 17.6. The third kappa shape index (κ3) is 12.3. The number of anilines is 2. The minimum absolute atomic E-state index is 0.625. The molecular weight excluding hydrogens is 493 g/mol. The van der Waals surface area contributed by atoms with Crippen molar-refractivity contribution < 1.29 is 0 Å². The Hall–Kier alpha value is -2.33. The van der Waals surface area contributed by atoms with Gasteiger partial charge in [-0.15, -0.1) is 0 Å². The first-order valence-electron chi connectivity index (χ1n) is 12.1. The van der Waals surface area contributed by atoms with Crippen LogP contribution in [0.25, 0.3) is 0 Å². The molecular formula is C26H38N6S3. The second-order valence-electron chi connectivity index (χ2n) is 8.19. The molecule has 0 aromatic heterocycles. The Morgan fingerprint density at radius 1 is 0.629 bits per heavy atom. The molecule has 0 bridgehead atoms. The Labute approximate surface area is 226 Å². The van der Waals surface area contributed by atoms with Crippen molar-refractivity contribution in [3.63, 3.8) is 0 Å². The Balaban J connectivity index is 1.74. The first-order valence-corrected chi connectivity index (χ1v) is 13.4. The van der Waals surface area contributed by atoms with E-state index >= 15 is 0 Å². The fourth-order valence-electron chi connectivity index (χ4n) is 3.38. The zero-order valence-corrected chi connectivity index (χ0v) is 23.4. The Morgan fingerprint density at radius 3 is 1.34 bits per heavy atom. The molecule has 0 saturated heterocycles. The lowest BCUT2D eigenvalue weighted by molar-refractivity contribution is 0.286. The molecule has 0 unspecified atom stereocenters. The van der Waals surface area contributed by atoms with E-state index in [1.165, 1.54) is 11.1 Å². The zero-order valence-electron chi connectivity index (χ0n) is 20.9. The molecule has 2 aromatic rings. The second kappa shape index (κ2) is 16.4. The topological polar surface area (TPSA) is 63.4 Å². The van der Waals surface area contributed by atoms with E-state index in [2.05, 4.69) is 93.9 Å². The largest absolute Gasteiger partial charge is 0.379 e. The van der Waals surface area contributed by atoms with Crippen molar-refractivity contribution >= 4 is 63.2 Å². The summed E-state index contributed by atoms with van der Waals surface area (Å²) < 4.78 is 0. The normalized spacial score (nSPS) is 10.5. The molecule has 0 saturated carbocycles. The van der Waals surface area contributed by atoms with Gasteiger partial charge in [-0.1, -0.05) is 50.3 Å². The van der Waals surface area contributed by atoms with E-state index in [-0.39, 0.29) is 0 Å². The van der Waals surface area contributed by atoms with Gasteiger partial charge in [0.05, 0.1) is 4.99 Å². The highest BCUT2D eigenvalue weighted by Crippen LogP contribution is 2.10. The molecule has 0 aliphatic rings. The van der Waals surface area contributed by atoms with E-state index in [1.807, 2.05) is 6.92 Å². The summed E-state index contributed by atoms with van der Waals surface area (Å²) in [5.74, 6) is 0. The molecule has 0 spiro atoms. The fraction of sp³-hybridized carbons (Fsp3) is 0.423. The third-order valence-corrected chi connectivity index (χ3v) is 6.11. The molecule has 0 amide bonds. The maximum absolute atomic E-state index is 5.46. The first kappa shape index (κ1) is 28.9. The molecule has 35 heavy (non-hydrogen) atoms. The lowest BCUT2D eigenvalue weighted by Gasteiger charge is -2.24. The van der Waals surface area contributed by atoms with Gasteiger partial charge in [0, 0.05) is 50.6 Å². The van der Waals surface area contributed by atoms with Crippen molar-refractivity contribution in [2.24, 2.45) is 0 Å². The van der Waals surface area contributed by atoms with Crippen LogP contribution in [0.15, 0.2) is 48.5 Å². The number of aryl methyl sites for hydroxylation is 2. The molecule has 6 nitrogen and oxygen atoms in total. The summed E-state index contributed by atoms with van der Waals surface area (Å²) >= 11 is 16.1. The van der Waals surface area contributed by atoms with E-state index in [0.717, 1.165) is 68.5 Å². The summed E-state index contributed by atoms with van der Waals surface area (Å²) in [6, 6.07) is 16.7. The van der Waals surface area contributed by atoms with E-state index < -0.39 is 0 Å². The molecule has 2 rings (SSSR count). The number of nitrogens with zero attached hydrogens (tertiary/aromatic N) is 1. The third-order valence-electron chi connectivity index (χ3n) is 5.47. The molecule has 0 radical (unpaired) electrons. The van der Waals surface area contributed by atoms with Gasteiger partial charge in [0.15, 0.2) is 10.2 Å². The molecule has 0 aliphatic heterocycles. The van der Waals surface area contributed by atoms with Crippen molar-refractivity contribution in [1.82, 2.24) is 20.9 Å². The van der Waals surface area contributed by atoms with Crippen LogP contribution < -0.4 is 26.6 Å². The van der Waals surface area contributed by atoms with Crippen molar-refractivity contribution in [3.8, 4) is 0 Å². The Morgan fingerprint density at radius 2 is 1.00 bits per heavy atom. The van der Waals surface area contributed by atoms with Gasteiger partial charge in [-0.25, -0.2) is 0 Å². The maximum atomic E-state index is 5.46. The predicted molar refractivity (Wildman–Crippen MR) is 163 cm³/mol. The minimum Gasteiger partial charge on any atom is -0.379 e. The number of rotatable bonds is 13. The van der Waals surface area contributed by atoms with Crippen molar-refractivity contribution in [3.05, 3.63) is 59.7 Å². The van der Waals surface area contributed by atoms with Crippen LogP contribution in [0.2, 0.25) is 0 Å². The minimum atomic E-state index is 0.625. The van der Waals surface area contributed by atoms with Gasteiger partial charge in [0.25, 0.3) is 0 Å². The van der Waals surface area contributed by atoms with Gasteiger partial charge in [-0.3, -0.25) is 4.90 Å². The van der Waals surface area contributed by atoms with Gasteiger partial charge >= 0.3 is 0 Å².